The van der Waals surface area contributed by atoms with Crippen molar-refractivity contribution < 1.29 is 9.21 Å². The molecule has 0 aliphatic heterocycles. The zero-order chi connectivity index (χ0) is 16.8. The van der Waals surface area contributed by atoms with Gasteiger partial charge in [-0.15, -0.1) is 10.2 Å². The number of rotatable bonds is 6. The molecular weight excluding hydrogens is 348 g/mol. The van der Waals surface area contributed by atoms with Gasteiger partial charge in [0, 0.05) is 24.0 Å². The molecule has 122 valence electrons. The normalized spacial score (nSPS) is 10.5. The molecule has 0 atom stereocenters. The van der Waals surface area contributed by atoms with Crippen molar-refractivity contribution in [2.75, 3.05) is 5.75 Å². The Morgan fingerprint density at radius 3 is 2.88 bits per heavy atom. The number of aromatic nitrogens is 3. The van der Waals surface area contributed by atoms with Crippen LogP contribution in [0.15, 0.2) is 58.4 Å². The van der Waals surface area contributed by atoms with Crippen LogP contribution in [0.4, 0.5) is 0 Å². The third-order valence-electron chi connectivity index (χ3n) is 3.08. The highest BCUT2D eigenvalue weighted by Crippen LogP contribution is 2.22. The summed E-state index contributed by atoms with van der Waals surface area (Å²) in [6.45, 7) is 0.379. The molecule has 0 radical (unpaired) electrons. The van der Waals surface area contributed by atoms with Gasteiger partial charge in [-0.1, -0.05) is 41.6 Å². The minimum Gasteiger partial charge on any atom is -0.411 e. The van der Waals surface area contributed by atoms with Crippen molar-refractivity contribution in [1.82, 2.24) is 20.5 Å². The maximum absolute atomic E-state index is 11.9. The van der Waals surface area contributed by atoms with E-state index < -0.39 is 0 Å². The fourth-order valence-corrected chi connectivity index (χ4v) is 2.68. The average Bonchev–Trinajstić information content (AvgIpc) is 3.09. The molecule has 0 bridgehead atoms. The summed E-state index contributed by atoms with van der Waals surface area (Å²) in [5.41, 5.74) is 1.61. The average molecular weight is 361 g/mol. The summed E-state index contributed by atoms with van der Waals surface area (Å²) in [7, 11) is 0. The van der Waals surface area contributed by atoms with Crippen LogP contribution in [0.3, 0.4) is 0 Å². The number of carbonyl (C=O) groups is 1. The fraction of sp³-hybridized carbons (Fsp3) is 0.125. The molecule has 0 unspecified atom stereocenters. The minimum atomic E-state index is -0.138. The molecular formula is C16H13ClN4O2S. The van der Waals surface area contributed by atoms with Gasteiger partial charge in [-0.05, 0) is 23.8 Å². The molecule has 24 heavy (non-hydrogen) atoms. The van der Waals surface area contributed by atoms with Crippen LogP contribution in [0.2, 0.25) is 5.02 Å². The van der Waals surface area contributed by atoms with Crippen molar-refractivity contribution in [3.63, 3.8) is 0 Å². The molecule has 2 heterocycles. The van der Waals surface area contributed by atoms with Gasteiger partial charge in [-0.2, -0.15) is 0 Å². The summed E-state index contributed by atoms with van der Waals surface area (Å²) in [4.78, 5) is 15.9. The lowest BCUT2D eigenvalue weighted by Gasteiger charge is -2.05. The van der Waals surface area contributed by atoms with Gasteiger partial charge in [0.2, 0.25) is 11.8 Å². The van der Waals surface area contributed by atoms with Crippen molar-refractivity contribution in [2.45, 2.75) is 11.8 Å². The van der Waals surface area contributed by atoms with Crippen molar-refractivity contribution >= 4 is 29.3 Å². The van der Waals surface area contributed by atoms with Gasteiger partial charge < -0.3 is 9.73 Å². The van der Waals surface area contributed by atoms with Crippen molar-refractivity contribution in [1.29, 1.82) is 0 Å². The van der Waals surface area contributed by atoms with Gasteiger partial charge in [0.25, 0.3) is 5.22 Å². The summed E-state index contributed by atoms with van der Waals surface area (Å²) in [6, 6.07) is 11.0. The van der Waals surface area contributed by atoms with Crippen LogP contribution in [0.1, 0.15) is 5.56 Å². The van der Waals surface area contributed by atoms with E-state index in [0.717, 1.165) is 11.1 Å². The summed E-state index contributed by atoms with van der Waals surface area (Å²) in [5.74, 6) is 0.419. The predicted molar refractivity (Wildman–Crippen MR) is 91.6 cm³/mol. The summed E-state index contributed by atoms with van der Waals surface area (Å²) < 4.78 is 5.50. The van der Waals surface area contributed by atoms with E-state index in [4.69, 9.17) is 16.0 Å². The van der Waals surface area contributed by atoms with E-state index in [1.54, 1.807) is 24.5 Å². The van der Waals surface area contributed by atoms with Crippen LogP contribution in [-0.4, -0.2) is 26.8 Å². The Hall–Kier alpha value is -2.38. The molecule has 6 nitrogen and oxygen atoms in total. The van der Waals surface area contributed by atoms with Crippen LogP contribution in [0.5, 0.6) is 0 Å². The van der Waals surface area contributed by atoms with Gasteiger partial charge >= 0.3 is 0 Å². The van der Waals surface area contributed by atoms with Crippen molar-refractivity contribution in [3.05, 3.63) is 59.4 Å². The van der Waals surface area contributed by atoms with E-state index in [9.17, 15) is 4.79 Å². The second-order valence-electron chi connectivity index (χ2n) is 4.77. The topological polar surface area (TPSA) is 80.9 Å². The standard InChI is InChI=1S/C16H13ClN4O2S/c17-13-6-2-1-4-11(13)9-19-14(22)10-24-16-21-20-15(23-16)12-5-3-7-18-8-12/h1-8H,9-10H2,(H,19,22). The molecule has 0 fully saturated rings. The van der Waals surface area contributed by atoms with Crippen LogP contribution < -0.4 is 5.32 Å². The molecule has 1 amide bonds. The number of amides is 1. The minimum absolute atomic E-state index is 0.138. The van der Waals surface area contributed by atoms with Gasteiger partial charge in [0.15, 0.2) is 0 Å². The molecule has 0 spiro atoms. The van der Waals surface area contributed by atoms with Gasteiger partial charge in [0.1, 0.15) is 0 Å². The Kier molecular flexibility index (Phi) is 5.45. The first-order chi connectivity index (χ1) is 11.7. The van der Waals surface area contributed by atoms with Gasteiger partial charge in [0.05, 0.1) is 11.3 Å². The highest BCUT2D eigenvalue weighted by Gasteiger charge is 2.11. The first kappa shape index (κ1) is 16.5. The predicted octanol–water partition coefficient (Wildman–Crippen LogP) is 3.19. The SMILES string of the molecule is O=C(CSc1nnc(-c2cccnc2)o1)NCc1ccccc1Cl. The number of carbonyl (C=O) groups excluding carboxylic acids is 1. The maximum Gasteiger partial charge on any atom is 0.277 e. The number of nitrogens with one attached hydrogen (secondary N) is 1. The highest BCUT2D eigenvalue weighted by atomic mass is 35.5. The molecule has 0 aliphatic rings. The third kappa shape index (κ3) is 4.33. The second kappa shape index (κ2) is 7.94. The molecule has 1 aromatic carbocycles. The van der Waals surface area contributed by atoms with E-state index >= 15 is 0 Å². The third-order valence-corrected chi connectivity index (χ3v) is 4.26. The van der Waals surface area contributed by atoms with Gasteiger partial charge in [-0.3, -0.25) is 9.78 Å². The first-order valence-electron chi connectivity index (χ1n) is 7.09. The number of thioether (sulfide) groups is 1. The highest BCUT2D eigenvalue weighted by molar-refractivity contribution is 7.99. The van der Waals surface area contributed by atoms with Gasteiger partial charge in [-0.25, -0.2) is 0 Å². The molecule has 0 aliphatic carbocycles. The van der Waals surface area contributed by atoms with Crippen LogP contribution in [-0.2, 0) is 11.3 Å². The lowest BCUT2D eigenvalue weighted by Crippen LogP contribution is -2.24. The molecule has 1 N–H and O–H groups in total. The Labute approximate surface area is 147 Å². The van der Waals surface area contributed by atoms with E-state index in [1.807, 2.05) is 24.3 Å². The number of halogens is 1. The number of pyridine rings is 1. The lowest BCUT2D eigenvalue weighted by atomic mass is 10.2. The zero-order valence-corrected chi connectivity index (χ0v) is 14.0. The number of nitrogens with zero attached hydrogens (tertiary/aromatic N) is 3. The Balaban J connectivity index is 1.50. The summed E-state index contributed by atoms with van der Waals surface area (Å²) >= 11 is 7.22. The lowest BCUT2D eigenvalue weighted by molar-refractivity contribution is -0.118. The Bertz CT molecular complexity index is 826. The van der Waals surface area contributed by atoms with Crippen LogP contribution in [0.25, 0.3) is 11.5 Å². The van der Waals surface area contributed by atoms with Crippen molar-refractivity contribution in [2.24, 2.45) is 0 Å². The molecule has 2 aromatic heterocycles. The summed E-state index contributed by atoms with van der Waals surface area (Å²) in [6.07, 6.45) is 3.30. The van der Waals surface area contributed by atoms with E-state index in [0.29, 0.717) is 22.7 Å². The molecule has 8 heteroatoms. The molecule has 3 aromatic rings. The van der Waals surface area contributed by atoms with E-state index in [-0.39, 0.29) is 11.7 Å². The first-order valence-corrected chi connectivity index (χ1v) is 8.45. The number of hydrogen-bond donors (Lipinski definition) is 1. The van der Waals surface area contributed by atoms with Crippen LogP contribution >= 0.6 is 23.4 Å². The smallest absolute Gasteiger partial charge is 0.277 e. The quantitative estimate of drug-likeness (QED) is 0.680. The van der Waals surface area contributed by atoms with E-state index in [2.05, 4.69) is 20.5 Å². The largest absolute Gasteiger partial charge is 0.411 e. The second-order valence-corrected chi connectivity index (χ2v) is 6.11. The Morgan fingerprint density at radius 1 is 1.21 bits per heavy atom. The van der Waals surface area contributed by atoms with E-state index in [1.165, 1.54) is 11.8 Å². The van der Waals surface area contributed by atoms with Crippen molar-refractivity contribution in [3.8, 4) is 11.5 Å². The van der Waals surface area contributed by atoms with Crippen LogP contribution in [0, 0.1) is 0 Å². The number of benzene rings is 1. The Morgan fingerprint density at radius 2 is 2.08 bits per heavy atom. The zero-order valence-electron chi connectivity index (χ0n) is 12.5. The summed E-state index contributed by atoms with van der Waals surface area (Å²) in [5, 5.41) is 11.6. The molecule has 3 rings (SSSR count). The monoisotopic (exact) mass is 360 g/mol. The maximum atomic E-state index is 11.9. The molecule has 0 saturated carbocycles. The fourth-order valence-electron chi connectivity index (χ4n) is 1.89. The molecule has 0 saturated heterocycles. The number of hydrogen-bond acceptors (Lipinski definition) is 6.